The second-order valence-electron chi connectivity index (χ2n) is 6.84. The first kappa shape index (κ1) is 20.9. The largest absolute Gasteiger partial charge is 0.388 e. The number of benzene rings is 2. The predicted molar refractivity (Wildman–Crippen MR) is 111 cm³/mol. The summed E-state index contributed by atoms with van der Waals surface area (Å²) in [6.45, 7) is 2.46. The quantitative estimate of drug-likeness (QED) is 0.589. The molecule has 0 aliphatic carbocycles. The third-order valence-corrected chi connectivity index (χ3v) is 5.33. The van der Waals surface area contributed by atoms with Gasteiger partial charge in [0.2, 0.25) is 0 Å². The van der Waals surface area contributed by atoms with Gasteiger partial charge in [-0.3, -0.25) is 14.5 Å². The molecular weight excluding hydrogens is 417 g/mol. The Hall–Kier alpha value is -2.86. The van der Waals surface area contributed by atoms with Crippen LogP contribution in [0.15, 0.2) is 36.4 Å². The van der Waals surface area contributed by atoms with Gasteiger partial charge in [-0.2, -0.15) is 5.26 Å². The van der Waals surface area contributed by atoms with Gasteiger partial charge in [-0.15, -0.1) is 0 Å². The van der Waals surface area contributed by atoms with Crippen molar-refractivity contribution < 1.29 is 19.1 Å². The normalized spacial score (nSPS) is 15.6. The van der Waals surface area contributed by atoms with Crippen molar-refractivity contribution in [2.24, 2.45) is 0 Å². The van der Waals surface area contributed by atoms with Gasteiger partial charge in [0.15, 0.2) is 10.9 Å². The van der Waals surface area contributed by atoms with Gasteiger partial charge < -0.3 is 10.0 Å². The topological polar surface area (TPSA) is 84.6 Å². The average molecular weight is 432 g/mol. The van der Waals surface area contributed by atoms with Crippen LogP contribution in [0, 0.1) is 17.1 Å². The lowest BCUT2D eigenvalue weighted by atomic mass is 10.0. The van der Waals surface area contributed by atoms with Crippen LogP contribution >= 0.6 is 23.8 Å². The maximum atomic E-state index is 14.4. The Labute approximate surface area is 176 Å². The maximum absolute atomic E-state index is 14.4. The van der Waals surface area contributed by atoms with E-state index in [-0.39, 0.29) is 32.9 Å². The summed E-state index contributed by atoms with van der Waals surface area (Å²) in [5, 5.41) is 18.3. The highest BCUT2D eigenvalue weighted by atomic mass is 35.5. The van der Waals surface area contributed by atoms with Crippen molar-refractivity contribution >= 4 is 52.0 Å². The van der Waals surface area contributed by atoms with Gasteiger partial charge in [0.1, 0.15) is 24.0 Å². The Morgan fingerprint density at radius 3 is 2.48 bits per heavy atom. The second kappa shape index (κ2) is 7.52. The molecule has 0 bridgehead atoms. The minimum Gasteiger partial charge on any atom is -0.388 e. The van der Waals surface area contributed by atoms with Crippen LogP contribution < -0.4 is 9.80 Å². The lowest BCUT2D eigenvalue weighted by molar-refractivity contribution is -0.120. The van der Waals surface area contributed by atoms with Gasteiger partial charge in [0.25, 0.3) is 5.91 Å². The first-order chi connectivity index (χ1) is 13.6. The van der Waals surface area contributed by atoms with Crippen LogP contribution in [0.25, 0.3) is 0 Å². The summed E-state index contributed by atoms with van der Waals surface area (Å²) in [6, 6.07) is 10.3. The smallest absolute Gasteiger partial charge is 0.259 e. The SMILES string of the molecule is CC1(C)C(=O)N(c2ccc(C#N)c(Cl)c2)C(=S)N1c1ccc(C(=O)CO)c(F)c1. The maximum Gasteiger partial charge on any atom is 0.259 e. The molecule has 29 heavy (non-hydrogen) atoms. The Balaban J connectivity index is 2.06. The fourth-order valence-corrected chi connectivity index (χ4v) is 3.88. The zero-order chi connectivity index (χ0) is 21.5. The molecule has 6 nitrogen and oxygen atoms in total. The number of anilines is 2. The van der Waals surface area contributed by atoms with Crippen molar-refractivity contribution in [3.05, 3.63) is 58.4 Å². The van der Waals surface area contributed by atoms with Crippen molar-refractivity contribution in [3.8, 4) is 6.07 Å². The summed E-state index contributed by atoms with van der Waals surface area (Å²) in [7, 11) is 0. The third-order valence-electron chi connectivity index (χ3n) is 4.65. The van der Waals surface area contributed by atoms with Crippen LogP contribution in [0.5, 0.6) is 0 Å². The molecule has 2 aromatic rings. The molecule has 0 unspecified atom stereocenters. The molecule has 9 heteroatoms. The highest BCUT2D eigenvalue weighted by Gasteiger charge is 2.50. The van der Waals surface area contributed by atoms with Gasteiger partial charge in [-0.05, 0) is 62.5 Å². The molecule has 1 aliphatic rings. The van der Waals surface area contributed by atoms with Crippen molar-refractivity contribution in [1.82, 2.24) is 0 Å². The molecular formula is C20H15ClFN3O3S. The molecule has 0 atom stereocenters. The second-order valence-corrected chi connectivity index (χ2v) is 7.61. The van der Waals surface area contributed by atoms with E-state index in [4.69, 9.17) is 34.2 Å². The average Bonchev–Trinajstić information content (AvgIpc) is 2.85. The number of Topliss-reactive ketones (excluding diaryl/α,β-unsaturated/α-hetero) is 1. The summed E-state index contributed by atoms with van der Waals surface area (Å²) >= 11 is 11.6. The zero-order valence-corrected chi connectivity index (χ0v) is 17.0. The van der Waals surface area contributed by atoms with Gasteiger partial charge in [0.05, 0.1) is 21.8 Å². The van der Waals surface area contributed by atoms with Gasteiger partial charge >= 0.3 is 0 Å². The van der Waals surface area contributed by atoms with Crippen molar-refractivity contribution in [1.29, 1.82) is 5.26 Å². The molecule has 1 amide bonds. The Morgan fingerprint density at radius 1 is 1.28 bits per heavy atom. The lowest BCUT2D eigenvalue weighted by Gasteiger charge is -2.29. The summed E-state index contributed by atoms with van der Waals surface area (Å²) in [4.78, 5) is 27.5. The van der Waals surface area contributed by atoms with E-state index in [1.807, 2.05) is 6.07 Å². The van der Waals surface area contributed by atoms with Gasteiger partial charge in [0, 0.05) is 5.69 Å². The van der Waals surface area contributed by atoms with E-state index in [0.29, 0.717) is 5.69 Å². The number of amides is 1. The number of hydrogen-bond donors (Lipinski definition) is 1. The minimum absolute atomic E-state index is 0.0985. The first-order valence-electron chi connectivity index (χ1n) is 8.45. The number of halogens is 2. The lowest BCUT2D eigenvalue weighted by Crippen LogP contribution is -2.44. The van der Waals surface area contributed by atoms with E-state index >= 15 is 0 Å². The standard InChI is InChI=1S/C20H15ClFN3O3S/c1-20(2)18(28)24(12-4-3-11(9-23)15(21)7-12)19(29)25(20)13-5-6-14(16(22)8-13)17(27)10-26/h3-8,26H,10H2,1-2H3. The van der Waals surface area contributed by atoms with Gasteiger partial charge in [-0.25, -0.2) is 4.39 Å². The fraction of sp³-hybridized carbons (Fsp3) is 0.200. The van der Waals surface area contributed by atoms with Crippen LogP contribution in [-0.4, -0.2) is 34.1 Å². The molecule has 0 aromatic heterocycles. The van der Waals surface area contributed by atoms with Crippen molar-refractivity contribution in [3.63, 3.8) is 0 Å². The molecule has 3 rings (SSSR count). The van der Waals surface area contributed by atoms with Crippen LogP contribution in [0.4, 0.5) is 15.8 Å². The van der Waals surface area contributed by atoms with Crippen LogP contribution in [0.2, 0.25) is 5.02 Å². The first-order valence-corrected chi connectivity index (χ1v) is 9.24. The van der Waals surface area contributed by atoms with Crippen molar-refractivity contribution in [2.45, 2.75) is 19.4 Å². The number of nitrogens with zero attached hydrogens (tertiary/aromatic N) is 3. The molecule has 0 spiro atoms. The molecule has 1 fully saturated rings. The number of carbonyl (C=O) groups excluding carboxylic acids is 2. The van der Waals surface area contributed by atoms with E-state index in [1.54, 1.807) is 19.9 Å². The Morgan fingerprint density at radius 2 is 1.93 bits per heavy atom. The molecule has 1 N–H and O–H groups in total. The molecule has 0 radical (unpaired) electrons. The van der Waals surface area contributed by atoms with Crippen LogP contribution in [-0.2, 0) is 4.79 Å². The number of ketones is 1. The van der Waals surface area contributed by atoms with Crippen LogP contribution in [0.1, 0.15) is 29.8 Å². The van der Waals surface area contributed by atoms with E-state index in [2.05, 4.69) is 0 Å². The summed E-state index contributed by atoms with van der Waals surface area (Å²) in [6.07, 6.45) is 0. The molecule has 2 aromatic carbocycles. The van der Waals surface area contributed by atoms with E-state index in [1.165, 1.54) is 34.1 Å². The molecule has 148 valence electrons. The highest BCUT2D eigenvalue weighted by molar-refractivity contribution is 7.81. The number of hydrogen-bond acceptors (Lipinski definition) is 5. The number of carbonyl (C=O) groups is 2. The Kier molecular flexibility index (Phi) is 5.41. The Bertz CT molecular complexity index is 1100. The fourth-order valence-electron chi connectivity index (χ4n) is 3.14. The van der Waals surface area contributed by atoms with E-state index in [0.717, 1.165) is 6.07 Å². The summed E-state index contributed by atoms with van der Waals surface area (Å²) < 4.78 is 14.4. The summed E-state index contributed by atoms with van der Waals surface area (Å²) in [5.41, 5.74) is -0.474. The molecule has 0 saturated carbocycles. The monoisotopic (exact) mass is 431 g/mol. The number of thiocarbonyl (C=S) groups is 1. The predicted octanol–water partition coefficient (Wildman–Crippen LogP) is 3.44. The van der Waals surface area contributed by atoms with Gasteiger partial charge in [-0.1, -0.05) is 11.6 Å². The number of aliphatic hydroxyl groups excluding tert-OH is 1. The zero-order valence-electron chi connectivity index (χ0n) is 15.4. The molecule has 1 aliphatic heterocycles. The minimum atomic E-state index is -1.15. The van der Waals surface area contributed by atoms with Crippen molar-refractivity contribution in [2.75, 3.05) is 16.4 Å². The number of rotatable bonds is 4. The number of nitriles is 1. The molecule has 1 saturated heterocycles. The summed E-state index contributed by atoms with van der Waals surface area (Å²) in [5.74, 6) is -1.94. The number of aliphatic hydroxyl groups is 1. The third kappa shape index (κ3) is 3.38. The molecule has 1 heterocycles. The van der Waals surface area contributed by atoms with E-state index in [9.17, 15) is 14.0 Å². The van der Waals surface area contributed by atoms with E-state index < -0.39 is 23.7 Å². The van der Waals surface area contributed by atoms with Crippen LogP contribution in [0.3, 0.4) is 0 Å². The highest BCUT2D eigenvalue weighted by Crippen LogP contribution is 2.37.